The summed E-state index contributed by atoms with van der Waals surface area (Å²) in [5.41, 5.74) is 0. The van der Waals surface area contributed by atoms with Crippen LogP contribution in [0.1, 0.15) is 33.2 Å². The molecule has 0 spiro atoms. The molecule has 0 aliphatic carbocycles. The first-order chi connectivity index (χ1) is 8.82. The van der Waals surface area contributed by atoms with Gasteiger partial charge >= 0.3 is 5.82 Å². The summed E-state index contributed by atoms with van der Waals surface area (Å²) in [6.45, 7) is 6.38. The second-order valence-corrected chi connectivity index (χ2v) is 5.54. The number of hydrogen-bond donors (Lipinski definition) is 1. The van der Waals surface area contributed by atoms with Crippen LogP contribution in [0.15, 0.2) is 10.7 Å². The molecule has 106 valence electrons. The molecule has 1 aromatic rings. The zero-order chi connectivity index (χ0) is 14.6. The molecule has 8 heteroatoms. The minimum absolute atomic E-state index is 0.203. The lowest BCUT2D eigenvalue weighted by atomic mass is 10.1. The van der Waals surface area contributed by atoms with Crippen molar-refractivity contribution < 1.29 is 9.72 Å². The number of nitrogens with zero attached hydrogens (tertiary/aromatic N) is 3. The van der Waals surface area contributed by atoms with Crippen LogP contribution >= 0.6 is 15.9 Å². The highest BCUT2D eigenvalue weighted by Gasteiger charge is 2.24. The molecule has 0 bridgehead atoms. The molecular formula is C11H17BrN4O3. The van der Waals surface area contributed by atoms with Crippen LogP contribution in [0.25, 0.3) is 0 Å². The Hall–Kier alpha value is -1.44. The molecule has 1 aromatic heterocycles. The van der Waals surface area contributed by atoms with Gasteiger partial charge in [-0.05, 0) is 40.1 Å². The van der Waals surface area contributed by atoms with Crippen molar-refractivity contribution >= 4 is 27.7 Å². The lowest BCUT2D eigenvalue weighted by molar-refractivity contribution is -0.390. The fourth-order valence-corrected chi connectivity index (χ4v) is 1.87. The SMILES string of the molecule is CC(C)CCNC(=O)C(C)n1cc(Br)c([N+](=O)[O-])n1. The van der Waals surface area contributed by atoms with Crippen molar-refractivity contribution in [2.24, 2.45) is 5.92 Å². The molecule has 1 unspecified atom stereocenters. The van der Waals surface area contributed by atoms with E-state index >= 15 is 0 Å². The van der Waals surface area contributed by atoms with E-state index in [9.17, 15) is 14.9 Å². The van der Waals surface area contributed by atoms with Crippen LogP contribution in [0.2, 0.25) is 0 Å². The quantitative estimate of drug-likeness (QED) is 0.639. The van der Waals surface area contributed by atoms with E-state index in [1.54, 1.807) is 6.92 Å². The van der Waals surface area contributed by atoms with E-state index in [0.29, 0.717) is 12.5 Å². The molecule has 1 atom stereocenters. The highest BCUT2D eigenvalue weighted by Crippen LogP contribution is 2.24. The molecule has 0 fully saturated rings. The Morgan fingerprint density at radius 1 is 1.58 bits per heavy atom. The van der Waals surface area contributed by atoms with E-state index in [1.165, 1.54) is 10.9 Å². The number of carbonyl (C=O) groups excluding carboxylic acids is 1. The largest absolute Gasteiger partial charge is 0.404 e. The monoisotopic (exact) mass is 332 g/mol. The van der Waals surface area contributed by atoms with Gasteiger partial charge in [-0.2, -0.15) is 4.68 Å². The van der Waals surface area contributed by atoms with Gasteiger partial charge < -0.3 is 15.4 Å². The maximum absolute atomic E-state index is 11.9. The second-order valence-electron chi connectivity index (χ2n) is 4.69. The number of rotatable bonds is 6. The van der Waals surface area contributed by atoms with Gasteiger partial charge in [0, 0.05) is 6.54 Å². The van der Waals surface area contributed by atoms with Gasteiger partial charge in [0.25, 0.3) is 0 Å². The molecule has 0 radical (unpaired) electrons. The minimum Gasteiger partial charge on any atom is -0.358 e. The third-order valence-corrected chi connectivity index (χ3v) is 3.20. The lowest BCUT2D eigenvalue weighted by Gasteiger charge is -2.11. The standard InChI is InChI=1S/C11H17BrN4O3/c1-7(2)4-5-13-11(17)8(3)15-6-9(12)10(14-15)16(18)19/h6-8H,4-5H2,1-3H3,(H,13,17). The van der Waals surface area contributed by atoms with Crippen molar-refractivity contribution in [2.45, 2.75) is 33.2 Å². The first kappa shape index (κ1) is 15.6. The van der Waals surface area contributed by atoms with Gasteiger partial charge in [0.2, 0.25) is 5.91 Å². The van der Waals surface area contributed by atoms with Crippen LogP contribution in [0.3, 0.4) is 0 Å². The van der Waals surface area contributed by atoms with Crippen LogP contribution in [0, 0.1) is 16.0 Å². The highest BCUT2D eigenvalue weighted by molar-refractivity contribution is 9.10. The van der Waals surface area contributed by atoms with Crippen LogP contribution in [-0.4, -0.2) is 27.2 Å². The average Bonchev–Trinajstić information content (AvgIpc) is 2.69. The zero-order valence-corrected chi connectivity index (χ0v) is 12.7. The maximum atomic E-state index is 11.9. The fourth-order valence-electron chi connectivity index (χ4n) is 1.43. The van der Waals surface area contributed by atoms with Gasteiger partial charge in [-0.1, -0.05) is 13.8 Å². The van der Waals surface area contributed by atoms with Crippen LogP contribution in [0.4, 0.5) is 5.82 Å². The van der Waals surface area contributed by atoms with E-state index < -0.39 is 11.0 Å². The first-order valence-electron chi connectivity index (χ1n) is 5.99. The maximum Gasteiger partial charge on any atom is 0.404 e. The topological polar surface area (TPSA) is 90.1 Å². The van der Waals surface area contributed by atoms with Gasteiger partial charge in [-0.3, -0.25) is 4.79 Å². The molecule has 7 nitrogen and oxygen atoms in total. The number of nitrogens with one attached hydrogen (secondary N) is 1. The summed E-state index contributed by atoms with van der Waals surface area (Å²) in [6.07, 6.45) is 2.33. The van der Waals surface area contributed by atoms with Crippen LogP contribution in [0.5, 0.6) is 0 Å². The number of hydrogen-bond acceptors (Lipinski definition) is 4. The molecule has 0 saturated carbocycles. The Balaban J connectivity index is 2.66. The van der Waals surface area contributed by atoms with Gasteiger partial charge in [0.15, 0.2) is 0 Å². The number of nitro groups is 1. The van der Waals surface area contributed by atoms with Gasteiger partial charge in [-0.15, -0.1) is 0 Å². The number of halogens is 1. The number of aromatic nitrogens is 2. The Morgan fingerprint density at radius 2 is 2.21 bits per heavy atom. The van der Waals surface area contributed by atoms with Crippen LogP contribution < -0.4 is 5.32 Å². The van der Waals surface area contributed by atoms with Crippen molar-refractivity contribution in [2.75, 3.05) is 6.54 Å². The first-order valence-corrected chi connectivity index (χ1v) is 6.79. The second kappa shape index (κ2) is 6.65. The summed E-state index contributed by atoms with van der Waals surface area (Å²) in [5.74, 6) is 0.0166. The summed E-state index contributed by atoms with van der Waals surface area (Å²) < 4.78 is 1.55. The normalized spacial score (nSPS) is 12.5. The predicted molar refractivity (Wildman–Crippen MR) is 73.8 cm³/mol. The van der Waals surface area contributed by atoms with Gasteiger partial charge in [0.05, 0.1) is 11.3 Å². The summed E-state index contributed by atoms with van der Waals surface area (Å²) in [7, 11) is 0. The van der Waals surface area contributed by atoms with E-state index in [1.807, 2.05) is 0 Å². The molecule has 19 heavy (non-hydrogen) atoms. The number of amides is 1. The minimum atomic E-state index is -0.593. The Bertz CT molecular complexity index is 473. The summed E-state index contributed by atoms with van der Waals surface area (Å²) in [6, 6.07) is -0.586. The molecule has 0 aromatic carbocycles. The Morgan fingerprint density at radius 3 is 2.68 bits per heavy atom. The van der Waals surface area contributed by atoms with Gasteiger partial charge in [-0.25, -0.2) is 0 Å². The summed E-state index contributed by atoms with van der Waals surface area (Å²) in [5, 5.41) is 17.2. The summed E-state index contributed by atoms with van der Waals surface area (Å²) in [4.78, 5) is 21.9. The molecule has 1 rings (SSSR count). The van der Waals surface area contributed by atoms with E-state index in [0.717, 1.165) is 6.42 Å². The molecule has 0 aliphatic rings. The molecule has 0 aliphatic heterocycles. The fraction of sp³-hybridized carbons (Fsp3) is 0.636. The summed E-state index contributed by atoms with van der Waals surface area (Å²) >= 11 is 3.05. The smallest absolute Gasteiger partial charge is 0.358 e. The average molecular weight is 333 g/mol. The van der Waals surface area contributed by atoms with E-state index in [2.05, 4.69) is 40.2 Å². The third-order valence-electron chi connectivity index (χ3n) is 2.64. The van der Waals surface area contributed by atoms with Crippen LogP contribution in [-0.2, 0) is 4.79 Å². The molecule has 1 heterocycles. The zero-order valence-electron chi connectivity index (χ0n) is 11.1. The van der Waals surface area contributed by atoms with E-state index in [-0.39, 0.29) is 16.2 Å². The Kier molecular flexibility index (Phi) is 5.46. The highest BCUT2D eigenvalue weighted by atomic mass is 79.9. The van der Waals surface area contributed by atoms with Crippen molar-refractivity contribution in [3.05, 3.63) is 20.8 Å². The van der Waals surface area contributed by atoms with Crippen molar-refractivity contribution in [1.29, 1.82) is 0 Å². The van der Waals surface area contributed by atoms with Crippen molar-refractivity contribution in [3.8, 4) is 0 Å². The Labute approximate surface area is 119 Å². The van der Waals surface area contributed by atoms with E-state index in [4.69, 9.17) is 0 Å². The predicted octanol–water partition coefficient (Wildman–Crippen LogP) is 2.28. The third kappa shape index (κ3) is 4.30. The number of carbonyl (C=O) groups is 1. The lowest BCUT2D eigenvalue weighted by Crippen LogP contribution is -2.32. The molecule has 0 saturated heterocycles. The molecular weight excluding hydrogens is 316 g/mol. The van der Waals surface area contributed by atoms with Gasteiger partial charge in [0.1, 0.15) is 10.5 Å². The molecule has 1 N–H and O–H groups in total. The van der Waals surface area contributed by atoms with Crippen molar-refractivity contribution in [1.82, 2.24) is 15.1 Å². The van der Waals surface area contributed by atoms with Crippen molar-refractivity contribution in [3.63, 3.8) is 0 Å². The molecule has 1 amide bonds.